The lowest BCUT2D eigenvalue weighted by Gasteiger charge is -2.24. The van der Waals surface area contributed by atoms with Crippen molar-refractivity contribution in [3.8, 4) is 5.69 Å². The maximum absolute atomic E-state index is 6.43. The van der Waals surface area contributed by atoms with E-state index in [0.717, 1.165) is 30.0 Å². The van der Waals surface area contributed by atoms with Gasteiger partial charge in [-0.2, -0.15) is 5.10 Å². The first-order chi connectivity index (χ1) is 11.6. The van der Waals surface area contributed by atoms with Crippen LogP contribution < -0.4 is 0 Å². The number of fused-ring (bicyclic) bond motifs is 1. The van der Waals surface area contributed by atoms with Gasteiger partial charge in [0.05, 0.1) is 21.9 Å². The molecule has 0 saturated heterocycles. The molecule has 1 unspecified atom stereocenters. The van der Waals surface area contributed by atoms with Gasteiger partial charge in [-0.05, 0) is 49.1 Å². The highest BCUT2D eigenvalue weighted by Gasteiger charge is 2.27. The summed E-state index contributed by atoms with van der Waals surface area (Å²) in [5.74, 6) is 0.291. The number of hydrogen-bond donors (Lipinski definition) is 0. The molecule has 4 rings (SSSR count). The zero-order valence-corrected chi connectivity index (χ0v) is 15.1. The topological polar surface area (TPSA) is 17.8 Å². The smallest absolute Gasteiger partial charge is 0.0664 e. The Morgan fingerprint density at radius 2 is 1.75 bits per heavy atom. The van der Waals surface area contributed by atoms with Gasteiger partial charge in [0.25, 0.3) is 0 Å². The summed E-state index contributed by atoms with van der Waals surface area (Å²) in [6.07, 6.45) is 5.15. The summed E-state index contributed by atoms with van der Waals surface area (Å²) in [5.41, 5.74) is 4.59. The van der Waals surface area contributed by atoms with Crippen molar-refractivity contribution < 1.29 is 0 Å². The van der Waals surface area contributed by atoms with Gasteiger partial charge in [-0.15, -0.1) is 0 Å². The molecular weight excluding hydrogens is 363 g/mol. The molecule has 1 atom stereocenters. The van der Waals surface area contributed by atoms with Gasteiger partial charge in [-0.25, -0.2) is 4.68 Å². The number of aromatic nitrogens is 2. The van der Waals surface area contributed by atoms with Crippen LogP contribution in [0.5, 0.6) is 0 Å². The van der Waals surface area contributed by atoms with Gasteiger partial charge in [0.2, 0.25) is 0 Å². The second-order valence-corrected chi connectivity index (χ2v) is 7.24. The Balaban J connectivity index is 1.80. The Hall–Kier alpha value is -1.48. The number of benzene rings is 2. The van der Waals surface area contributed by atoms with E-state index in [9.17, 15) is 0 Å². The highest BCUT2D eigenvalue weighted by Crippen LogP contribution is 2.40. The average molecular weight is 378 g/mol. The number of halogens is 3. The summed E-state index contributed by atoms with van der Waals surface area (Å²) in [4.78, 5) is 0. The summed E-state index contributed by atoms with van der Waals surface area (Å²) in [6, 6.07) is 13.7. The molecule has 5 heteroatoms. The fourth-order valence-electron chi connectivity index (χ4n) is 3.48. The van der Waals surface area contributed by atoms with Crippen LogP contribution in [0.3, 0.4) is 0 Å². The Morgan fingerprint density at radius 1 is 0.917 bits per heavy atom. The van der Waals surface area contributed by atoms with Gasteiger partial charge in [-0.1, -0.05) is 53.0 Å². The van der Waals surface area contributed by atoms with Crippen LogP contribution in [0.15, 0.2) is 48.7 Å². The van der Waals surface area contributed by atoms with E-state index in [2.05, 4.69) is 11.2 Å². The van der Waals surface area contributed by atoms with Crippen molar-refractivity contribution in [2.45, 2.75) is 25.2 Å². The van der Waals surface area contributed by atoms with Gasteiger partial charge in [0.1, 0.15) is 0 Å². The van der Waals surface area contributed by atoms with Crippen LogP contribution in [0.2, 0.25) is 15.1 Å². The molecule has 2 nitrogen and oxygen atoms in total. The van der Waals surface area contributed by atoms with E-state index in [1.807, 2.05) is 47.3 Å². The molecule has 1 heterocycles. The molecule has 2 aromatic carbocycles. The summed E-state index contributed by atoms with van der Waals surface area (Å²) < 4.78 is 1.97. The molecule has 0 bridgehead atoms. The second-order valence-electron chi connectivity index (χ2n) is 6.02. The summed E-state index contributed by atoms with van der Waals surface area (Å²) in [5, 5.41) is 6.52. The lowest BCUT2D eigenvalue weighted by molar-refractivity contribution is 0.598. The average Bonchev–Trinajstić information content (AvgIpc) is 3.02. The highest BCUT2D eigenvalue weighted by molar-refractivity contribution is 6.42. The third-order valence-corrected chi connectivity index (χ3v) is 5.69. The Bertz CT molecular complexity index is 901. The molecular formula is C19H15Cl3N2. The molecule has 122 valence electrons. The minimum Gasteiger partial charge on any atom is -0.237 e. The normalized spacial score (nSPS) is 16.9. The third-order valence-electron chi connectivity index (χ3n) is 4.61. The maximum Gasteiger partial charge on any atom is 0.0664 e. The van der Waals surface area contributed by atoms with E-state index in [4.69, 9.17) is 34.8 Å². The monoisotopic (exact) mass is 376 g/mol. The van der Waals surface area contributed by atoms with E-state index in [1.54, 1.807) is 0 Å². The van der Waals surface area contributed by atoms with Crippen LogP contribution >= 0.6 is 34.8 Å². The standard InChI is InChI=1S/C19H15Cl3N2/c20-16-6-2-1-4-14(16)13-5-3-7-19-15(13)11-23-24(19)12-8-9-17(21)18(22)10-12/h1-2,4,6,8-11,13H,3,5,7H2. The van der Waals surface area contributed by atoms with Gasteiger partial charge >= 0.3 is 0 Å². The number of hydrogen-bond acceptors (Lipinski definition) is 1. The van der Waals surface area contributed by atoms with Gasteiger partial charge in [-0.3, -0.25) is 0 Å². The zero-order valence-electron chi connectivity index (χ0n) is 12.8. The quantitative estimate of drug-likeness (QED) is 0.512. The lowest BCUT2D eigenvalue weighted by Crippen LogP contribution is -2.13. The molecule has 0 aliphatic heterocycles. The minimum absolute atomic E-state index is 0.291. The van der Waals surface area contributed by atoms with Gasteiger partial charge in [0, 0.05) is 22.2 Å². The van der Waals surface area contributed by atoms with E-state index >= 15 is 0 Å². The second kappa shape index (κ2) is 6.44. The first-order valence-corrected chi connectivity index (χ1v) is 9.05. The summed E-state index contributed by atoms with van der Waals surface area (Å²) in [7, 11) is 0. The molecule has 0 spiro atoms. The van der Waals surface area contributed by atoms with Crippen LogP contribution in [0.4, 0.5) is 0 Å². The SMILES string of the molecule is Clc1ccc(-n2ncc3c2CCCC3c2ccccc2Cl)cc1Cl. The molecule has 3 aromatic rings. The molecule has 0 radical (unpaired) electrons. The minimum atomic E-state index is 0.291. The lowest BCUT2D eigenvalue weighted by atomic mass is 9.82. The molecule has 0 fully saturated rings. The van der Waals surface area contributed by atoms with Gasteiger partial charge < -0.3 is 0 Å². The van der Waals surface area contributed by atoms with Gasteiger partial charge in [0.15, 0.2) is 0 Å². The first kappa shape index (κ1) is 16.0. The molecule has 0 N–H and O–H groups in total. The van der Waals surface area contributed by atoms with Crippen molar-refractivity contribution in [1.29, 1.82) is 0 Å². The summed E-state index contributed by atoms with van der Waals surface area (Å²) in [6.45, 7) is 0. The van der Waals surface area contributed by atoms with Crippen LogP contribution in [0, 0.1) is 0 Å². The number of nitrogens with zero attached hydrogens (tertiary/aromatic N) is 2. The van der Waals surface area contributed by atoms with Crippen molar-refractivity contribution in [3.05, 3.63) is 80.6 Å². The molecule has 1 aromatic heterocycles. The number of rotatable bonds is 2. The first-order valence-electron chi connectivity index (χ1n) is 7.92. The Morgan fingerprint density at radius 3 is 2.54 bits per heavy atom. The van der Waals surface area contributed by atoms with Crippen molar-refractivity contribution in [3.63, 3.8) is 0 Å². The van der Waals surface area contributed by atoms with Crippen LogP contribution in [-0.2, 0) is 6.42 Å². The third kappa shape index (κ3) is 2.73. The fraction of sp³-hybridized carbons (Fsp3) is 0.211. The molecule has 1 aliphatic carbocycles. The Kier molecular flexibility index (Phi) is 4.29. The fourth-order valence-corrected chi connectivity index (χ4v) is 4.04. The van der Waals surface area contributed by atoms with Crippen molar-refractivity contribution in [1.82, 2.24) is 9.78 Å². The molecule has 0 saturated carbocycles. The predicted octanol–water partition coefficient (Wildman–Crippen LogP) is 6.30. The van der Waals surface area contributed by atoms with Crippen LogP contribution in [0.1, 0.15) is 35.6 Å². The zero-order chi connectivity index (χ0) is 16.7. The Labute approximate surface area is 156 Å². The molecule has 24 heavy (non-hydrogen) atoms. The predicted molar refractivity (Wildman–Crippen MR) is 99.8 cm³/mol. The van der Waals surface area contributed by atoms with Crippen molar-refractivity contribution >= 4 is 34.8 Å². The molecule has 1 aliphatic rings. The maximum atomic E-state index is 6.43. The van der Waals surface area contributed by atoms with Crippen molar-refractivity contribution in [2.24, 2.45) is 0 Å². The van der Waals surface area contributed by atoms with Crippen LogP contribution in [0.25, 0.3) is 5.69 Å². The van der Waals surface area contributed by atoms with E-state index in [-0.39, 0.29) is 0 Å². The molecule has 0 amide bonds. The largest absolute Gasteiger partial charge is 0.237 e. The highest BCUT2D eigenvalue weighted by atomic mass is 35.5. The van der Waals surface area contributed by atoms with E-state index in [1.165, 1.54) is 16.8 Å². The van der Waals surface area contributed by atoms with Crippen LogP contribution in [-0.4, -0.2) is 9.78 Å². The van der Waals surface area contributed by atoms with E-state index < -0.39 is 0 Å². The van der Waals surface area contributed by atoms with E-state index in [0.29, 0.717) is 16.0 Å². The van der Waals surface area contributed by atoms with Crippen molar-refractivity contribution in [2.75, 3.05) is 0 Å². The summed E-state index contributed by atoms with van der Waals surface area (Å²) >= 11 is 18.6.